The predicted octanol–water partition coefficient (Wildman–Crippen LogP) is 2.30. The SMILES string of the molecule is COc1nc(N2CCC3(CC2)COC(C)C3N)nc2cnn(-c3ccc(F)cc3)c12. The largest absolute Gasteiger partial charge is 0.479 e. The third-order valence-electron chi connectivity index (χ3n) is 6.53. The Morgan fingerprint density at radius 1 is 1.20 bits per heavy atom. The molecule has 2 aromatic heterocycles. The number of piperidine rings is 1. The topological polar surface area (TPSA) is 91.3 Å². The lowest BCUT2D eigenvalue weighted by Gasteiger charge is -2.41. The molecule has 0 amide bonds. The van der Waals surface area contributed by atoms with Gasteiger partial charge in [-0.3, -0.25) is 0 Å². The van der Waals surface area contributed by atoms with Crippen LogP contribution in [0.15, 0.2) is 30.5 Å². The third kappa shape index (κ3) is 3.00. The summed E-state index contributed by atoms with van der Waals surface area (Å²) in [6.45, 7) is 4.39. The van der Waals surface area contributed by atoms with Gasteiger partial charge in [0.2, 0.25) is 11.8 Å². The van der Waals surface area contributed by atoms with Crippen LogP contribution in [0.1, 0.15) is 19.8 Å². The number of rotatable bonds is 3. The van der Waals surface area contributed by atoms with Crippen molar-refractivity contribution in [3.63, 3.8) is 0 Å². The van der Waals surface area contributed by atoms with Gasteiger partial charge in [-0.15, -0.1) is 0 Å². The van der Waals surface area contributed by atoms with E-state index in [1.54, 1.807) is 30.1 Å². The lowest BCUT2D eigenvalue weighted by atomic mass is 9.73. The molecular formula is C21H25FN6O2. The van der Waals surface area contributed by atoms with Gasteiger partial charge >= 0.3 is 0 Å². The van der Waals surface area contributed by atoms with Crippen LogP contribution in [-0.2, 0) is 4.74 Å². The number of benzene rings is 1. The molecule has 158 valence electrons. The van der Waals surface area contributed by atoms with Crippen LogP contribution in [0.2, 0.25) is 0 Å². The maximum Gasteiger partial charge on any atom is 0.245 e. The second kappa shape index (κ2) is 7.17. The monoisotopic (exact) mass is 412 g/mol. The van der Waals surface area contributed by atoms with Gasteiger partial charge in [-0.05, 0) is 44.0 Å². The molecule has 0 bridgehead atoms. The Labute approximate surface area is 173 Å². The van der Waals surface area contributed by atoms with Crippen LogP contribution in [0.5, 0.6) is 5.88 Å². The van der Waals surface area contributed by atoms with Crippen molar-refractivity contribution in [3.05, 3.63) is 36.3 Å². The smallest absolute Gasteiger partial charge is 0.245 e. The molecule has 2 fully saturated rings. The van der Waals surface area contributed by atoms with Gasteiger partial charge in [-0.1, -0.05) is 0 Å². The van der Waals surface area contributed by atoms with Crippen LogP contribution in [0.4, 0.5) is 10.3 Å². The summed E-state index contributed by atoms with van der Waals surface area (Å²) in [4.78, 5) is 11.6. The number of nitrogens with two attached hydrogens (primary N) is 1. The number of hydrogen-bond donors (Lipinski definition) is 1. The van der Waals surface area contributed by atoms with E-state index in [4.69, 9.17) is 20.2 Å². The second-order valence-corrected chi connectivity index (χ2v) is 8.19. The van der Waals surface area contributed by atoms with E-state index in [0.29, 0.717) is 28.5 Å². The Hall–Kier alpha value is -2.78. The zero-order valence-electron chi connectivity index (χ0n) is 17.1. The van der Waals surface area contributed by atoms with Crippen molar-refractivity contribution >= 4 is 17.0 Å². The molecule has 4 heterocycles. The Morgan fingerprint density at radius 2 is 1.93 bits per heavy atom. The summed E-state index contributed by atoms with van der Waals surface area (Å²) in [5.74, 6) is 0.755. The number of aromatic nitrogens is 4. The summed E-state index contributed by atoms with van der Waals surface area (Å²) in [5.41, 5.74) is 8.51. The fourth-order valence-electron chi connectivity index (χ4n) is 4.58. The molecule has 2 atom stereocenters. The quantitative estimate of drug-likeness (QED) is 0.706. The van der Waals surface area contributed by atoms with Gasteiger partial charge < -0.3 is 20.1 Å². The highest BCUT2D eigenvalue weighted by molar-refractivity contribution is 5.82. The summed E-state index contributed by atoms with van der Waals surface area (Å²) in [7, 11) is 1.58. The van der Waals surface area contributed by atoms with Crippen LogP contribution < -0.4 is 15.4 Å². The molecule has 5 rings (SSSR count). The van der Waals surface area contributed by atoms with Gasteiger partial charge in [0.05, 0.1) is 31.7 Å². The van der Waals surface area contributed by atoms with Crippen molar-refractivity contribution in [3.8, 4) is 11.6 Å². The molecule has 2 aliphatic rings. The number of methoxy groups -OCH3 is 1. The van der Waals surface area contributed by atoms with Gasteiger partial charge in [0.1, 0.15) is 11.3 Å². The van der Waals surface area contributed by atoms with Crippen LogP contribution in [0.3, 0.4) is 0 Å². The van der Waals surface area contributed by atoms with Gasteiger partial charge in [0.15, 0.2) is 5.52 Å². The molecule has 1 aromatic carbocycles. The fourth-order valence-corrected chi connectivity index (χ4v) is 4.58. The third-order valence-corrected chi connectivity index (χ3v) is 6.53. The van der Waals surface area contributed by atoms with E-state index in [1.165, 1.54) is 12.1 Å². The van der Waals surface area contributed by atoms with Crippen molar-refractivity contribution < 1.29 is 13.9 Å². The van der Waals surface area contributed by atoms with Crippen LogP contribution >= 0.6 is 0 Å². The highest BCUT2D eigenvalue weighted by Crippen LogP contribution is 2.42. The normalized spacial score (nSPS) is 23.4. The Bertz CT molecular complexity index is 1060. The lowest BCUT2D eigenvalue weighted by molar-refractivity contribution is 0.0973. The van der Waals surface area contributed by atoms with Crippen molar-refractivity contribution in [1.29, 1.82) is 0 Å². The van der Waals surface area contributed by atoms with E-state index in [-0.39, 0.29) is 23.4 Å². The lowest BCUT2D eigenvalue weighted by Crippen LogP contribution is -2.50. The maximum atomic E-state index is 13.3. The molecule has 1 spiro atoms. The van der Waals surface area contributed by atoms with Gasteiger partial charge in [0.25, 0.3) is 0 Å². The van der Waals surface area contributed by atoms with E-state index in [2.05, 4.69) is 15.0 Å². The van der Waals surface area contributed by atoms with E-state index in [9.17, 15) is 4.39 Å². The highest BCUT2D eigenvalue weighted by atomic mass is 19.1. The summed E-state index contributed by atoms with van der Waals surface area (Å²) in [5, 5.41) is 4.43. The van der Waals surface area contributed by atoms with Crippen molar-refractivity contribution in [1.82, 2.24) is 19.7 Å². The summed E-state index contributed by atoms with van der Waals surface area (Å²) >= 11 is 0. The van der Waals surface area contributed by atoms with E-state index >= 15 is 0 Å². The average molecular weight is 412 g/mol. The zero-order chi connectivity index (χ0) is 20.9. The zero-order valence-corrected chi connectivity index (χ0v) is 17.1. The molecule has 0 aliphatic carbocycles. The number of halogens is 1. The number of hydrogen-bond acceptors (Lipinski definition) is 7. The predicted molar refractivity (Wildman–Crippen MR) is 110 cm³/mol. The molecule has 8 nitrogen and oxygen atoms in total. The molecule has 0 radical (unpaired) electrons. The number of fused-ring (bicyclic) bond motifs is 1. The summed E-state index contributed by atoms with van der Waals surface area (Å²) in [6, 6.07) is 6.17. The first-order valence-electron chi connectivity index (χ1n) is 10.2. The molecule has 3 aromatic rings. The van der Waals surface area contributed by atoms with Gasteiger partial charge in [0, 0.05) is 24.5 Å². The molecule has 9 heteroatoms. The fraction of sp³-hybridized carbons (Fsp3) is 0.476. The van der Waals surface area contributed by atoms with Crippen LogP contribution in [0.25, 0.3) is 16.7 Å². The van der Waals surface area contributed by atoms with E-state index in [0.717, 1.165) is 32.5 Å². The Kier molecular flexibility index (Phi) is 4.59. The molecule has 2 saturated heterocycles. The minimum atomic E-state index is -0.301. The number of anilines is 1. The van der Waals surface area contributed by atoms with Gasteiger partial charge in [-0.25, -0.2) is 14.1 Å². The summed E-state index contributed by atoms with van der Waals surface area (Å²) in [6.07, 6.45) is 3.66. The molecule has 30 heavy (non-hydrogen) atoms. The maximum absolute atomic E-state index is 13.3. The molecule has 0 saturated carbocycles. The van der Waals surface area contributed by atoms with Crippen molar-refractivity contribution in [2.75, 3.05) is 31.7 Å². The van der Waals surface area contributed by atoms with E-state index in [1.807, 2.05) is 6.92 Å². The van der Waals surface area contributed by atoms with Crippen molar-refractivity contribution in [2.24, 2.45) is 11.1 Å². The second-order valence-electron chi connectivity index (χ2n) is 8.19. The molecule has 2 unspecified atom stereocenters. The molecule has 2 aliphatic heterocycles. The number of ether oxygens (including phenoxy) is 2. The molecular weight excluding hydrogens is 387 g/mol. The first-order chi connectivity index (χ1) is 14.5. The van der Waals surface area contributed by atoms with Crippen LogP contribution in [-0.4, -0.2) is 58.7 Å². The summed E-state index contributed by atoms with van der Waals surface area (Å²) < 4.78 is 26.4. The van der Waals surface area contributed by atoms with Crippen molar-refractivity contribution in [2.45, 2.75) is 31.9 Å². The minimum absolute atomic E-state index is 0.0393. The van der Waals surface area contributed by atoms with E-state index < -0.39 is 0 Å². The highest BCUT2D eigenvalue weighted by Gasteiger charge is 2.47. The Morgan fingerprint density at radius 3 is 2.57 bits per heavy atom. The Balaban J connectivity index is 1.45. The minimum Gasteiger partial charge on any atom is -0.479 e. The first-order valence-corrected chi connectivity index (χ1v) is 10.2. The average Bonchev–Trinajstić information content (AvgIpc) is 3.32. The molecule has 2 N–H and O–H groups in total. The standard InChI is InChI=1S/C21H25FN6O2/c1-13-18(23)21(12-30-13)7-9-27(10-8-21)20-25-16-11-24-28(17(16)19(26-20)29-2)15-5-3-14(22)4-6-15/h3-6,11,13,18H,7-10,12,23H2,1-2H3. The van der Waals surface area contributed by atoms with Crippen LogP contribution in [0, 0.1) is 11.2 Å². The number of nitrogens with zero attached hydrogens (tertiary/aromatic N) is 5. The van der Waals surface area contributed by atoms with Gasteiger partial charge in [-0.2, -0.15) is 10.1 Å². The first kappa shape index (κ1) is 19.2.